The van der Waals surface area contributed by atoms with Gasteiger partial charge in [0.2, 0.25) is 6.04 Å². The Bertz CT molecular complexity index is 1100. The SMILES string of the molecule is CC(=O)C(N=Nc1ccc(Cl)cc1[N+](=O)[O-])C(=O)Nc1ccc(S(=O)(=O)O)cc1. The van der Waals surface area contributed by atoms with E-state index >= 15 is 0 Å². The molecule has 2 N–H and O–H groups in total. The number of benzene rings is 2. The maximum atomic E-state index is 12.3. The summed E-state index contributed by atoms with van der Waals surface area (Å²) in [6.45, 7) is 1.08. The standard InChI is InChI=1S/C16H13ClN4O7S/c1-9(22)15(20-19-13-7-2-10(17)8-14(13)21(24)25)16(23)18-11-3-5-12(6-4-11)29(26,27)28/h2-8,15H,1H3,(H,18,23)(H,26,27,28). The van der Waals surface area contributed by atoms with Gasteiger partial charge in [-0.25, -0.2) is 0 Å². The van der Waals surface area contributed by atoms with Crippen LogP contribution in [0.3, 0.4) is 0 Å². The van der Waals surface area contributed by atoms with E-state index in [0.29, 0.717) is 0 Å². The molecule has 11 nitrogen and oxygen atoms in total. The van der Waals surface area contributed by atoms with Gasteiger partial charge in [-0.3, -0.25) is 24.3 Å². The first kappa shape index (κ1) is 22.1. The third kappa shape index (κ3) is 5.88. The molecule has 29 heavy (non-hydrogen) atoms. The molecule has 0 aromatic heterocycles. The van der Waals surface area contributed by atoms with Crippen LogP contribution in [-0.2, 0) is 19.7 Å². The summed E-state index contributed by atoms with van der Waals surface area (Å²) in [5.74, 6) is -1.57. The highest BCUT2D eigenvalue weighted by Crippen LogP contribution is 2.30. The Kier molecular flexibility index (Phi) is 6.74. The van der Waals surface area contributed by atoms with E-state index in [1.54, 1.807) is 0 Å². The van der Waals surface area contributed by atoms with Gasteiger partial charge >= 0.3 is 0 Å². The molecule has 0 aliphatic carbocycles. The first-order chi connectivity index (χ1) is 13.5. The number of carbonyl (C=O) groups excluding carboxylic acids is 2. The van der Waals surface area contributed by atoms with Crippen LogP contribution in [0.4, 0.5) is 17.1 Å². The number of rotatable bonds is 7. The van der Waals surface area contributed by atoms with E-state index in [0.717, 1.165) is 25.1 Å². The molecule has 0 aliphatic heterocycles. The topological polar surface area (TPSA) is 168 Å². The van der Waals surface area contributed by atoms with E-state index in [1.807, 2.05) is 0 Å². The molecular formula is C16H13ClN4O7S. The molecule has 0 fully saturated rings. The lowest BCUT2D eigenvalue weighted by Crippen LogP contribution is -2.31. The molecule has 2 aromatic carbocycles. The molecule has 0 saturated heterocycles. The molecule has 1 amide bonds. The summed E-state index contributed by atoms with van der Waals surface area (Å²) in [5, 5.41) is 20.7. The number of nitro groups is 1. The molecule has 0 spiro atoms. The third-order valence-corrected chi connectivity index (χ3v) is 4.57. The predicted octanol–water partition coefficient (Wildman–Crippen LogP) is 3.17. The zero-order chi connectivity index (χ0) is 21.8. The Labute approximate surface area is 169 Å². The van der Waals surface area contributed by atoms with Gasteiger partial charge in [0.15, 0.2) is 11.5 Å². The lowest BCUT2D eigenvalue weighted by Gasteiger charge is -2.09. The highest BCUT2D eigenvalue weighted by Gasteiger charge is 2.24. The van der Waals surface area contributed by atoms with Crippen molar-refractivity contribution in [2.75, 3.05) is 5.32 Å². The van der Waals surface area contributed by atoms with Crippen LogP contribution in [0, 0.1) is 10.1 Å². The number of carbonyl (C=O) groups is 2. The van der Waals surface area contributed by atoms with E-state index < -0.39 is 38.5 Å². The monoisotopic (exact) mass is 440 g/mol. The van der Waals surface area contributed by atoms with Gasteiger partial charge < -0.3 is 5.32 Å². The second kappa shape index (κ2) is 8.86. The van der Waals surface area contributed by atoms with E-state index in [-0.39, 0.29) is 21.3 Å². The molecule has 0 heterocycles. The van der Waals surface area contributed by atoms with Gasteiger partial charge in [-0.1, -0.05) is 11.6 Å². The Morgan fingerprint density at radius 3 is 2.34 bits per heavy atom. The Morgan fingerprint density at radius 1 is 1.21 bits per heavy atom. The highest BCUT2D eigenvalue weighted by molar-refractivity contribution is 7.85. The number of azo groups is 1. The fraction of sp³-hybridized carbons (Fsp3) is 0.125. The normalized spacial score (nSPS) is 12.5. The molecule has 152 valence electrons. The smallest absolute Gasteiger partial charge is 0.298 e. The van der Waals surface area contributed by atoms with E-state index in [4.69, 9.17) is 16.2 Å². The summed E-state index contributed by atoms with van der Waals surface area (Å²) in [5.41, 5.74) is -0.526. The summed E-state index contributed by atoms with van der Waals surface area (Å²) in [4.78, 5) is 34.0. The fourth-order valence-corrected chi connectivity index (χ4v) is 2.73. The predicted molar refractivity (Wildman–Crippen MR) is 102 cm³/mol. The van der Waals surface area contributed by atoms with Crippen LogP contribution in [0.25, 0.3) is 0 Å². The Hall–Kier alpha value is -3.22. The number of nitrogens with zero attached hydrogens (tertiary/aromatic N) is 3. The van der Waals surface area contributed by atoms with E-state index in [1.165, 1.54) is 24.3 Å². The molecule has 0 bridgehead atoms. The molecule has 0 radical (unpaired) electrons. The minimum Gasteiger partial charge on any atom is -0.324 e. The molecule has 13 heteroatoms. The van der Waals surface area contributed by atoms with Gasteiger partial charge in [0.05, 0.1) is 9.82 Å². The van der Waals surface area contributed by atoms with Crippen molar-refractivity contribution in [2.45, 2.75) is 17.9 Å². The van der Waals surface area contributed by atoms with E-state index in [2.05, 4.69) is 15.5 Å². The fourth-order valence-electron chi connectivity index (χ4n) is 2.09. The summed E-state index contributed by atoms with van der Waals surface area (Å²) >= 11 is 5.71. The quantitative estimate of drug-likeness (QED) is 0.219. The second-order valence-electron chi connectivity index (χ2n) is 5.61. The van der Waals surface area contributed by atoms with Crippen molar-refractivity contribution in [1.29, 1.82) is 0 Å². The molecular weight excluding hydrogens is 428 g/mol. The number of hydrogen-bond donors (Lipinski definition) is 2. The van der Waals surface area contributed by atoms with Gasteiger partial charge in [0, 0.05) is 16.8 Å². The van der Waals surface area contributed by atoms with Crippen LogP contribution in [0.2, 0.25) is 5.02 Å². The number of Topliss-reactive ketones (excluding diaryl/α,β-unsaturated/α-hetero) is 1. The minimum absolute atomic E-state index is 0.102. The number of ketones is 1. The highest BCUT2D eigenvalue weighted by atomic mass is 35.5. The average Bonchev–Trinajstić information content (AvgIpc) is 2.62. The largest absolute Gasteiger partial charge is 0.324 e. The zero-order valence-electron chi connectivity index (χ0n) is 14.6. The van der Waals surface area contributed by atoms with Crippen LogP contribution >= 0.6 is 11.6 Å². The van der Waals surface area contributed by atoms with E-state index in [9.17, 15) is 28.1 Å². The number of anilines is 1. The van der Waals surface area contributed by atoms with Crippen LogP contribution in [0.1, 0.15) is 6.92 Å². The summed E-state index contributed by atoms with van der Waals surface area (Å²) in [7, 11) is -4.40. The first-order valence-corrected chi connectivity index (χ1v) is 9.54. The molecule has 0 aliphatic rings. The van der Waals surface area contributed by atoms with Gasteiger partial charge in [-0.15, -0.1) is 5.11 Å². The number of hydrogen-bond acceptors (Lipinski definition) is 8. The van der Waals surface area contributed by atoms with Gasteiger partial charge in [0.25, 0.3) is 21.7 Å². The maximum Gasteiger partial charge on any atom is 0.298 e. The lowest BCUT2D eigenvalue weighted by molar-refractivity contribution is -0.384. The van der Waals surface area contributed by atoms with Crippen molar-refractivity contribution in [1.82, 2.24) is 0 Å². The van der Waals surface area contributed by atoms with Crippen molar-refractivity contribution in [2.24, 2.45) is 10.2 Å². The van der Waals surface area contributed by atoms with Crippen LogP contribution in [0.15, 0.2) is 57.6 Å². The molecule has 0 saturated carbocycles. The first-order valence-electron chi connectivity index (χ1n) is 7.72. The molecule has 2 rings (SSSR count). The number of nitro benzene ring substituents is 1. The van der Waals surface area contributed by atoms with Crippen LogP contribution in [0.5, 0.6) is 0 Å². The van der Waals surface area contributed by atoms with Gasteiger partial charge in [-0.05, 0) is 43.3 Å². The Balaban J connectivity index is 2.24. The third-order valence-electron chi connectivity index (χ3n) is 3.47. The summed E-state index contributed by atoms with van der Waals surface area (Å²) in [6.07, 6.45) is 0. The molecule has 2 aromatic rings. The van der Waals surface area contributed by atoms with Crippen molar-refractivity contribution in [3.63, 3.8) is 0 Å². The van der Waals surface area contributed by atoms with Crippen molar-refractivity contribution in [3.05, 3.63) is 57.6 Å². The lowest BCUT2D eigenvalue weighted by atomic mass is 10.2. The van der Waals surface area contributed by atoms with Crippen LogP contribution < -0.4 is 5.32 Å². The number of nitrogens with one attached hydrogen (secondary N) is 1. The zero-order valence-corrected chi connectivity index (χ0v) is 16.2. The van der Waals surface area contributed by atoms with Crippen molar-refractivity contribution >= 4 is 50.5 Å². The van der Waals surface area contributed by atoms with Crippen LogP contribution in [-0.4, -0.2) is 35.6 Å². The molecule has 1 atom stereocenters. The summed E-state index contributed by atoms with van der Waals surface area (Å²) < 4.78 is 31.0. The van der Waals surface area contributed by atoms with Gasteiger partial charge in [-0.2, -0.15) is 13.5 Å². The summed E-state index contributed by atoms with van der Waals surface area (Å²) in [6, 6.07) is 6.48. The average molecular weight is 441 g/mol. The van der Waals surface area contributed by atoms with Gasteiger partial charge in [0.1, 0.15) is 0 Å². The Morgan fingerprint density at radius 2 is 1.83 bits per heavy atom. The van der Waals surface area contributed by atoms with Crippen molar-refractivity contribution < 1.29 is 27.5 Å². The molecule has 1 unspecified atom stereocenters. The number of halogens is 1. The minimum atomic E-state index is -4.40. The van der Waals surface area contributed by atoms with Crippen molar-refractivity contribution in [3.8, 4) is 0 Å². The second-order valence-corrected chi connectivity index (χ2v) is 7.47. The maximum absolute atomic E-state index is 12.3. The number of amides is 1.